The molecule has 8 heteroatoms. The quantitative estimate of drug-likeness (QED) is 0.817. The van der Waals surface area contributed by atoms with Crippen molar-refractivity contribution in [3.63, 3.8) is 0 Å². The molecule has 2 aromatic rings. The fourth-order valence-electron chi connectivity index (χ4n) is 5.25. The Morgan fingerprint density at radius 1 is 1.18 bits per heavy atom. The Balaban J connectivity index is 1.34. The second-order valence-electron chi connectivity index (χ2n) is 8.68. The first-order valence-corrected chi connectivity index (χ1v) is 12.0. The van der Waals surface area contributed by atoms with E-state index in [1.807, 2.05) is 12.1 Å². The van der Waals surface area contributed by atoms with Gasteiger partial charge in [0, 0.05) is 16.0 Å². The fraction of sp³-hybridized carbons (Fsp3) is 0.600. The van der Waals surface area contributed by atoms with Crippen LogP contribution in [0.2, 0.25) is 5.02 Å². The molecule has 1 aliphatic heterocycles. The maximum absolute atomic E-state index is 12.7. The molecule has 1 atom stereocenters. The zero-order valence-corrected chi connectivity index (χ0v) is 17.1. The van der Waals surface area contributed by atoms with Gasteiger partial charge < -0.3 is 9.73 Å². The summed E-state index contributed by atoms with van der Waals surface area (Å²) in [7, 11) is -3.28. The molecule has 6 nitrogen and oxygen atoms in total. The Labute approximate surface area is 168 Å². The third kappa shape index (κ3) is 2.86. The van der Waals surface area contributed by atoms with Crippen LogP contribution in [0.5, 0.6) is 0 Å². The van der Waals surface area contributed by atoms with Gasteiger partial charge in [0.15, 0.2) is 15.4 Å². The highest BCUT2D eigenvalue weighted by Crippen LogP contribution is 2.53. The molecule has 1 unspecified atom stereocenters. The molecule has 2 bridgehead atoms. The topological polar surface area (TPSA) is 89.3 Å². The minimum absolute atomic E-state index is 0.0998. The van der Waals surface area contributed by atoms with E-state index in [0.717, 1.165) is 55.5 Å². The molecule has 1 aromatic carbocycles. The molecule has 1 amide bonds. The fourth-order valence-corrected chi connectivity index (χ4v) is 7.18. The standard InChI is InChI=1S/C20H23ClN2O4S/c21-13-3-4-15-14(12-13)22-18(27-15)19-5-8-20(9-6-19,10-7-19)23-17(24)16-2-1-11-28(16,25)26/h3-4,12,16H,1-2,5-11H2,(H,23,24). The van der Waals surface area contributed by atoms with Crippen LogP contribution in [-0.4, -0.2) is 35.9 Å². The molecule has 4 fully saturated rings. The van der Waals surface area contributed by atoms with Crippen molar-refractivity contribution < 1.29 is 17.6 Å². The molecule has 1 aromatic heterocycles. The maximum atomic E-state index is 12.7. The van der Waals surface area contributed by atoms with E-state index in [0.29, 0.717) is 17.9 Å². The average Bonchev–Trinajstić information content (AvgIpc) is 3.25. The van der Waals surface area contributed by atoms with Gasteiger partial charge in [0.2, 0.25) is 11.8 Å². The Hall–Kier alpha value is -1.60. The van der Waals surface area contributed by atoms with E-state index in [1.165, 1.54) is 0 Å². The highest BCUT2D eigenvalue weighted by atomic mass is 35.5. The van der Waals surface area contributed by atoms with Crippen LogP contribution in [0.15, 0.2) is 22.6 Å². The molecule has 0 spiro atoms. The largest absolute Gasteiger partial charge is 0.440 e. The number of hydrogen-bond donors (Lipinski definition) is 1. The lowest BCUT2D eigenvalue weighted by Crippen LogP contribution is -2.59. The second-order valence-corrected chi connectivity index (χ2v) is 11.4. The molecule has 4 aliphatic rings. The number of hydrogen-bond acceptors (Lipinski definition) is 5. The van der Waals surface area contributed by atoms with Crippen molar-refractivity contribution in [2.45, 2.75) is 67.6 Å². The van der Waals surface area contributed by atoms with Crippen molar-refractivity contribution in [3.8, 4) is 0 Å². The second kappa shape index (κ2) is 6.20. The van der Waals surface area contributed by atoms with Crippen molar-refractivity contribution in [2.75, 3.05) is 5.75 Å². The number of fused-ring (bicyclic) bond motifs is 4. The number of nitrogens with zero attached hydrogens (tertiary/aromatic N) is 1. The highest BCUT2D eigenvalue weighted by molar-refractivity contribution is 7.93. The summed E-state index contributed by atoms with van der Waals surface area (Å²) >= 11 is 6.07. The van der Waals surface area contributed by atoms with Gasteiger partial charge in [0.25, 0.3) is 0 Å². The van der Waals surface area contributed by atoms with E-state index in [4.69, 9.17) is 21.0 Å². The first-order valence-electron chi connectivity index (χ1n) is 9.91. The number of oxazole rings is 1. The van der Waals surface area contributed by atoms with Crippen LogP contribution >= 0.6 is 11.6 Å². The molecule has 6 rings (SSSR count). The number of amides is 1. The van der Waals surface area contributed by atoms with Gasteiger partial charge in [-0.05, 0) is 69.6 Å². The monoisotopic (exact) mass is 422 g/mol. The number of benzene rings is 1. The van der Waals surface area contributed by atoms with Crippen LogP contribution in [0.4, 0.5) is 0 Å². The van der Waals surface area contributed by atoms with Crippen LogP contribution in [0.1, 0.15) is 57.3 Å². The summed E-state index contributed by atoms with van der Waals surface area (Å²) in [5.41, 5.74) is 1.14. The molecular weight excluding hydrogens is 400 g/mol. The summed E-state index contributed by atoms with van der Waals surface area (Å²) in [5, 5.41) is 2.91. The molecule has 28 heavy (non-hydrogen) atoms. The van der Waals surface area contributed by atoms with Gasteiger partial charge in [-0.25, -0.2) is 13.4 Å². The molecule has 3 saturated carbocycles. The Bertz CT molecular complexity index is 1040. The summed E-state index contributed by atoms with van der Waals surface area (Å²) in [5.74, 6) is 0.592. The smallest absolute Gasteiger partial charge is 0.238 e. The Morgan fingerprint density at radius 3 is 2.54 bits per heavy atom. The number of carbonyl (C=O) groups is 1. The number of aromatic nitrogens is 1. The molecule has 2 heterocycles. The zero-order chi connectivity index (χ0) is 19.6. The van der Waals surface area contributed by atoms with Crippen molar-refractivity contribution in [1.29, 1.82) is 0 Å². The normalized spacial score (nSPS) is 34.0. The molecule has 3 aliphatic carbocycles. The van der Waals surface area contributed by atoms with Crippen molar-refractivity contribution >= 4 is 38.4 Å². The predicted molar refractivity (Wildman–Crippen MR) is 106 cm³/mol. The Kier molecular flexibility index (Phi) is 4.08. The first kappa shape index (κ1) is 18.4. The molecule has 1 N–H and O–H groups in total. The number of halogens is 1. The summed E-state index contributed by atoms with van der Waals surface area (Å²) < 4.78 is 30.3. The van der Waals surface area contributed by atoms with Gasteiger partial charge in [-0.1, -0.05) is 11.6 Å². The average molecular weight is 423 g/mol. The number of rotatable bonds is 3. The minimum atomic E-state index is -3.28. The third-order valence-electron chi connectivity index (χ3n) is 7.06. The van der Waals surface area contributed by atoms with Gasteiger partial charge in [-0.15, -0.1) is 0 Å². The van der Waals surface area contributed by atoms with Crippen LogP contribution in [0.25, 0.3) is 11.1 Å². The Morgan fingerprint density at radius 2 is 1.89 bits per heavy atom. The number of carbonyl (C=O) groups excluding carboxylic acids is 1. The SMILES string of the molecule is O=C(NC12CCC(c3nc4cc(Cl)ccc4o3)(CC1)CC2)C1CCCS1(=O)=O. The van der Waals surface area contributed by atoms with Crippen molar-refractivity contribution in [1.82, 2.24) is 10.3 Å². The maximum Gasteiger partial charge on any atom is 0.238 e. The van der Waals surface area contributed by atoms with Crippen molar-refractivity contribution in [3.05, 3.63) is 29.1 Å². The highest BCUT2D eigenvalue weighted by Gasteiger charge is 2.53. The zero-order valence-electron chi connectivity index (χ0n) is 15.5. The van der Waals surface area contributed by atoms with Gasteiger partial charge in [-0.2, -0.15) is 0 Å². The predicted octanol–water partition coefficient (Wildman–Crippen LogP) is 3.52. The van der Waals surface area contributed by atoms with Gasteiger partial charge in [0.05, 0.1) is 5.75 Å². The van der Waals surface area contributed by atoms with Gasteiger partial charge in [0.1, 0.15) is 10.8 Å². The van der Waals surface area contributed by atoms with E-state index < -0.39 is 15.1 Å². The van der Waals surface area contributed by atoms with Crippen LogP contribution in [0.3, 0.4) is 0 Å². The first-order chi connectivity index (χ1) is 13.3. The number of nitrogens with one attached hydrogen (secondary N) is 1. The minimum Gasteiger partial charge on any atom is -0.440 e. The molecule has 1 saturated heterocycles. The summed E-state index contributed by atoms with van der Waals surface area (Å²) in [6.07, 6.45) is 6.14. The van der Waals surface area contributed by atoms with E-state index in [1.54, 1.807) is 6.07 Å². The lowest BCUT2D eigenvalue weighted by atomic mass is 9.57. The lowest BCUT2D eigenvalue weighted by Gasteiger charge is -2.52. The van der Waals surface area contributed by atoms with E-state index in [9.17, 15) is 13.2 Å². The molecule has 150 valence electrons. The summed E-state index contributed by atoms with van der Waals surface area (Å²) in [4.78, 5) is 17.4. The summed E-state index contributed by atoms with van der Waals surface area (Å²) in [6, 6.07) is 5.47. The van der Waals surface area contributed by atoms with E-state index >= 15 is 0 Å². The number of sulfone groups is 1. The van der Waals surface area contributed by atoms with Crippen molar-refractivity contribution in [2.24, 2.45) is 0 Å². The van der Waals surface area contributed by atoms with Gasteiger partial charge in [-0.3, -0.25) is 4.79 Å². The van der Waals surface area contributed by atoms with Crippen LogP contribution in [-0.2, 0) is 20.0 Å². The van der Waals surface area contributed by atoms with Gasteiger partial charge >= 0.3 is 0 Å². The molecular formula is C20H23ClN2O4S. The van der Waals surface area contributed by atoms with E-state index in [-0.39, 0.29) is 22.6 Å². The van der Waals surface area contributed by atoms with Crippen LogP contribution < -0.4 is 5.32 Å². The molecule has 0 radical (unpaired) electrons. The lowest BCUT2D eigenvalue weighted by molar-refractivity contribution is -0.124. The summed E-state index contributed by atoms with van der Waals surface area (Å²) in [6.45, 7) is 0. The van der Waals surface area contributed by atoms with E-state index in [2.05, 4.69) is 5.32 Å². The third-order valence-corrected chi connectivity index (χ3v) is 9.47. The van der Waals surface area contributed by atoms with Crippen LogP contribution in [0, 0.1) is 0 Å².